The van der Waals surface area contributed by atoms with E-state index >= 15 is 0 Å². The van der Waals surface area contributed by atoms with Gasteiger partial charge < -0.3 is 14.2 Å². The number of rotatable bonds is 9. The minimum Gasteiger partial charge on any atom is -0.489 e. The average molecular weight is 340 g/mol. The molecule has 0 saturated heterocycles. The van der Waals surface area contributed by atoms with Crippen molar-refractivity contribution in [2.45, 2.75) is 26.9 Å². The first-order valence-corrected chi connectivity index (χ1v) is 8.51. The molecule has 0 aliphatic carbocycles. The molecule has 0 heterocycles. The zero-order valence-electron chi connectivity index (χ0n) is 14.7. The smallest absolute Gasteiger partial charge is 0.373 e. The number of hydrogen-bond acceptors (Lipinski definition) is 4. The number of carbonyl (C=O) groups is 1. The molecule has 2 rings (SSSR count). The Hall–Kier alpha value is -2.75. The largest absolute Gasteiger partial charge is 0.489 e. The van der Waals surface area contributed by atoms with Crippen LogP contribution in [0.25, 0.3) is 6.08 Å². The van der Waals surface area contributed by atoms with Crippen LogP contribution < -0.4 is 4.74 Å². The minimum absolute atomic E-state index is 0.217. The summed E-state index contributed by atoms with van der Waals surface area (Å²) in [6.07, 6.45) is 2.46. The third-order valence-corrected chi connectivity index (χ3v) is 3.36. The highest BCUT2D eigenvalue weighted by atomic mass is 16.6. The lowest BCUT2D eigenvalue weighted by Crippen LogP contribution is -2.11. The first kappa shape index (κ1) is 18.6. The normalized spacial score (nSPS) is 11.0. The lowest BCUT2D eigenvalue weighted by atomic mass is 10.2. The molecule has 25 heavy (non-hydrogen) atoms. The molecule has 2 aromatic rings. The van der Waals surface area contributed by atoms with Crippen molar-refractivity contribution in [3.8, 4) is 5.75 Å². The molecule has 0 unspecified atom stereocenters. The number of carbonyl (C=O) groups excluding carboxylic acids is 1. The molecule has 0 spiro atoms. The van der Waals surface area contributed by atoms with Crippen molar-refractivity contribution in [2.75, 3.05) is 13.2 Å². The average Bonchev–Trinajstić information content (AvgIpc) is 2.66. The molecule has 0 radical (unpaired) electrons. The third kappa shape index (κ3) is 6.34. The maximum absolute atomic E-state index is 12.0. The van der Waals surface area contributed by atoms with Gasteiger partial charge in [-0.25, -0.2) is 4.79 Å². The molecule has 0 N–H and O–H groups in total. The molecule has 0 amide bonds. The van der Waals surface area contributed by atoms with Crippen LogP contribution in [0.2, 0.25) is 0 Å². The van der Waals surface area contributed by atoms with E-state index < -0.39 is 5.97 Å². The molecule has 0 atom stereocenters. The Morgan fingerprint density at radius 3 is 2.32 bits per heavy atom. The molecule has 132 valence electrons. The van der Waals surface area contributed by atoms with Gasteiger partial charge in [0.15, 0.2) is 0 Å². The standard InChI is InChI=1S/C21H24O4/c1-3-14-24-21(22)20(23-4-2)15-17-10-12-19(13-11-17)25-16-18-8-6-5-7-9-18/h5-13,15H,3-4,14,16H2,1-2H3/b20-15-. The van der Waals surface area contributed by atoms with Gasteiger partial charge in [-0.15, -0.1) is 0 Å². The Balaban J connectivity index is 2.00. The molecule has 4 heteroatoms. The van der Waals surface area contributed by atoms with Gasteiger partial charge in [0.05, 0.1) is 13.2 Å². The Bertz CT molecular complexity index is 675. The summed E-state index contributed by atoms with van der Waals surface area (Å²) in [5.74, 6) is 0.550. The van der Waals surface area contributed by atoms with Gasteiger partial charge in [-0.3, -0.25) is 0 Å². The van der Waals surface area contributed by atoms with Crippen molar-refractivity contribution in [3.05, 3.63) is 71.5 Å². The predicted molar refractivity (Wildman–Crippen MR) is 98.1 cm³/mol. The van der Waals surface area contributed by atoms with Crippen molar-refractivity contribution in [3.63, 3.8) is 0 Å². The van der Waals surface area contributed by atoms with Gasteiger partial charge in [-0.2, -0.15) is 0 Å². The quantitative estimate of drug-likeness (QED) is 0.380. The SMILES string of the molecule is CCCOC(=O)/C(=C/c1ccc(OCc2ccccc2)cc1)OCC. The second-order valence-electron chi connectivity index (χ2n) is 5.42. The van der Waals surface area contributed by atoms with Crippen LogP contribution in [0.5, 0.6) is 5.75 Å². The minimum atomic E-state index is -0.437. The number of benzene rings is 2. The van der Waals surface area contributed by atoms with E-state index in [0.717, 1.165) is 23.3 Å². The molecular weight excluding hydrogens is 316 g/mol. The van der Waals surface area contributed by atoms with E-state index in [0.29, 0.717) is 19.8 Å². The van der Waals surface area contributed by atoms with Gasteiger partial charge in [0, 0.05) is 0 Å². The Morgan fingerprint density at radius 1 is 0.960 bits per heavy atom. The second kappa shape index (κ2) is 10.2. The van der Waals surface area contributed by atoms with E-state index in [1.165, 1.54) is 0 Å². The van der Waals surface area contributed by atoms with Crippen LogP contribution >= 0.6 is 0 Å². The van der Waals surface area contributed by atoms with Gasteiger partial charge >= 0.3 is 5.97 Å². The highest BCUT2D eigenvalue weighted by molar-refractivity contribution is 5.91. The summed E-state index contributed by atoms with van der Waals surface area (Å²) in [7, 11) is 0. The fraction of sp³-hybridized carbons (Fsp3) is 0.286. The predicted octanol–water partition coefficient (Wildman–Crippen LogP) is 4.60. The van der Waals surface area contributed by atoms with Crippen LogP contribution in [0.1, 0.15) is 31.4 Å². The van der Waals surface area contributed by atoms with E-state index in [1.807, 2.05) is 68.4 Å². The van der Waals surface area contributed by atoms with Crippen LogP contribution in [0.4, 0.5) is 0 Å². The molecule has 0 aliphatic heterocycles. The second-order valence-corrected chi connectivity index (χ2v) is 5.42. The van der Waals surface area contributed by atoms with Gasteiger partial charge in [-0.05, 0) is 42.7 Å². The molecular formula is C21H24O4. The van der Waals surface area contributed by atoms with E-state index in [2.05, 4.69) is 0 Å². The zero-order valence-corrected chi connectivity index (χ0v) is 14.7. The summed E-state index contributed by atoms with van der Waals surface area (Å²) < 4.78 is 16.3. The Kier molecular flexibility index (Phi) is 7.57. The van der Waals surface area contributed by atoms with Crippen LogP contribution in [-0.4, -0.2) is 19.2 Å². The first-order chi connectivity index (χ1) is 12.2. The summed E-state index contributed by atoms with van der Waals surface area (Å²) >= 11 is 0. The van der Waals surface area contributed by atoms with Gasteiger partial charge in [0.2, 0.25) is 5.76 Å². The number of ether oxygens (including phenoxy) is 3. The third-order valence-electron chi connectivity index (χ3n) is 3.36. The summed E-state index contributed by atoms with van der Waals surface area (Å²) in [5, 5.41) is 0. The summed E-state index contributed by atoms with van der Waals surface area (Å²) in [6.45, 7) is 5.09. The van der Waals surface area contributed by atoms with Crippen molar-refractivity contribution in [2.24, 2.45) is 0 Å². The summed E-state index contributed by atoms with van der Waals surface area (Å²) in [6, 6.07) is 17.5. The van der Waals surface area contributed by atoms with Crippen LogP contribution in [0.15, 0.2) is 60.4 Å². The number of hydrogen-bond donors (Lipinski definition) is 0. The molecule has 0 fully saturated rings. The van der Waals surface area contributed by atoms with Gasteiger partial charge in [0.1, 0.15) is 12.4 Å². The maximum Gasteiger partial charge on any atom is 0.373 e. The lowest BCUT2D eigenvalue weighted by Gasteiger charge is -2.09. The lowest BCUT2D eigenvalue weighted by molar-refractivity contribution is -0.142. The molecule has 2 aromatic carbocycles. The fourth-order valence-electron chi connectivity index (χ4n) is 2.13. The van der Waals surface area contributed by atoms with Crippen molar-refractivity contribution >= 4 is 12.0 Å². The van der Waals surface area contributed by atoms with Crippen LogP contribution in [0.3, 0.4) is 0 Å². The van der Waals surface area contributed by atoms with Gasteiger partial charge in [-0.1, -0.05) is 49.4 Å². The highest BCUT2D eigenvalue weighted by Crippen LogP contribution is 2.17. The Morgan fingerprint density at radius 2 is 1.68 bits per heavy atom. The van der Waals surface area contributed by atoms with E-state index in [9.17, 15) is 4.79 Å². The molecule has 0 aromatic heterocycles. The summed E-state index contributed by atoms with van der Waals surface area (Å²) in [5.41, 5.74) is 1.97. The topological polar surface area (TPSA) is 44.8 Å². The Labute approximate surface area is 149 Å². The zero-order chi connectivity index (χ0) is 17.9. The molecule has 0 bridgehead atoms. The number of esters is 1. The fourth-order valence-corrected chi connectivity index (χ4v) is 2.13. The van der Waals surface area contributed by atoms with E-state index in [4.69, 9.17) is 14.2 Å². The molecule has 0 aliphatic rings. The van der Waals surface area contributed by atoms with Crippen molar-refractivity contribution in [1.29, 1.82) is 0 Å². The summed E-state index contributed by atoms with van der Waals surface area (Å²) in [4.78, 5) is 12.0. The van der Waals surface area contributed by atoms with Gasteiger partial charge in [0.25, 0.3) is 0 Å². The van der Waals surface area contributed by atoms with E-state index in [1.54, 1.807) is 6.08 Å². The van der Waals surface area contributed by atoms with E-state index in [-0.39, 0.29) is 5.76 Å². The maximum atomic E-state index is 12.0. The highest BCUT2D eigenvalue weighted by Gasteiger charge is 2.12. The van der Waals surface area contributed by atoms with Crippen LogP contribution in [0, 0.1) is 0 Å². The van der Waals surface area contributed by atoms with Crippen LogP contribution in [-0.2, 0) is 20.9 Å². The van der Waals surface area contributed by atoms with Crippen molar-refractivity contribution in [1.82, 2.24) is 0 Å². The molecule has 4 nitrogen and oxygen atoms in total. The monoisotopic (exact) mass is 340 g/mol. The first-order valence-electron chi connectivity index (χ1n) is 8.51. The molecule has 0 saturated carbocycles. The van der Waals surface area contributed by atoms with Crippen molar-refractivity contribution < 1.29 is 19.0 Å².